The van der Waals surface area contributed by atoms with E-state index < -0.39 is 21.9 Å². The molecule has 0 saturated heterocycles. The number of rotatable bonds is 5. The van der Waals surface area contributed by atoms with E-state index in [0.717, 1.165) is 17.9 Å². The minimum Gasteiger partial charge on any atom is -0.451 e. The third-order valence-electron chi connectivity index (χ3n) is 3.58. The smallest absolute Gasteiger partial charge is 0.340 e. The van der Waals surface area contributed by atoms with Gasteiger partial charge in [0.25, 0.3) is 0 Å². The molecule has 25 heavy (non-hydrogen) atoms. The number of halogens is 1. The largest absolute Gasteiger partial charge is 0.451 e. The second-order valence-corrected chi connectivity index (χ2v) is 8.11. The first-order valence-corrected chi connectivity index (χ1v) is 9.68. The number of aryl methyl sites for hydroxylation is 1. The predicted octanol–water partition coefficient (Wildman–Crippen LogP) is 3.48. The summed E-state index contributed by atoms with van der Waals surface area (Å²) in [6.07, 6.45) is -0.0114. The van der Waals surface area contributed by atoms with Gasteiger partial charge in [0.05, 0.1) is 15.5 Å². The Hall–Kier alpha value is -2.18. The van der Waals surface area contributed by atoms with Crippen molar-refractivity contribution in [1.82, 2.24) is 0 Å². The molecule has 0 aromatic heterocycles. The second-order valence-electron chi connectivity index (χ2n) is 5.69. The Balaban J connectivity index is 2.21. The third kappa shape index (κ3) is 4.67. The van der Waals surface area contributed by atoms with Gasteiger partial charge in [-0.3, -0.25) is 4.79 Å². The molecule has 0 N–H and O–H groups in total. The van der Waals surface area contributed by atoms with Crippen LogP contribution in [0.25, 0.3) is 0 Å². The maximum Gasteiger partial charge on any atom is 0.340 e. The maximum atomic E-state index is 12.3. The van der Waals surface area contributed by atoms with Crippen LogP contribution in [-0.4, -0.2) is 32.5 Å². The van der Waals surface area contributed by atoms with Crippen LogP contribution in [0.3, 0.4) is 0 Å². The molecule has 0 aliphatic carbocycles. The van der Waals surface area contributed by atoms with Crippen LogP contribution >= 0.6 is 11.6 Å². The van der Waals surface area contributed by atoms with E-state index in [4.69, 9.17) is 16.3 Å². The molecule has 0 spiro atoms. The number of esters is 1. The molecule has 1 unspecified atom stereocenters. The van der Waals surface area contributed by atoms with Gasteiger partial charge in [0, 0.05) is 11.8 Å². The highest BCUT2D eigenvalue weighted by Crippen LogP contribution is 2.22. The van der Waals surface area contributed by atoms with Gasteiger partial charge in [-0.25, -0.2) is 13.2 Å². The summed E-state index contributed by atoms with van der Waals surface area (Å²) in [7, 11) is -3.50. The number of hydrogen-bond acceptors (Lipinski definition) is 5. The third-order valence-corrected chi connectivity index (χ3v) is 5.01. The average molecular weight is 381 g/mol. The number of benzene rings is 2. The van der Waals surface area contributed by atoms with Crippen LogP contribution in [0.2, 0.25) is 5.02 Å². The lowest BCUT2D eigenvalue weighted by atomic mass is 10.1. The van der Waals surface area contributed by atoms with Gasteiger partial charge in [0.15, 0.2) is 15.9 Å². The van der Waals surface area contributed by atoms with E-state index >= 15 is 0 Å². The van der Waals surface area contributed by atoms with Crippen molar-refractivity contribution in [2.24, 2.45) is 0 Å². The topological polar surface area (TPSA) is 77.5 Å². The molecule has 0 bridgehead atoms. The van der Waals surface area contributed by atoms with Crippen LogP contribution in [0.5, 0.6) is 0 Å². The second kappa shape index (κ2) is 7.37. The van der Waals surface area contributed by atoms with Gasteiger partial charge >= 0.3 is 5.97 Å². The Kier molecular flexibility index (Phi) is 5.65. The summed E-state index contributed by atoms with van der Waals surface area (Å²) in [5.74, 6) is -1.22. The minimum absolute atomic E-state index is 0.0485. The van der Waals surface area contributed by atoms with E-state index in [-0.39, 0.29) is 21.3 Å². The Bertz CT molecular complexity index is 917. The molecule has 0 heterocycles. The monoisotopic (exact) mass is 380 g/mol. The van der Waals surface area contributed by atoms with Crippen LogP contribution in [0, 0.1) is 6.92 Å². The molecule has 1 atom stereocenters. The van der Waals surface area contributed by atoms with Crippen LogP contribution in [0.4, 0.5) is 0 Å². The number of sulfone groups is 1. The molecule has 0 amide bonds. The predicted molar refractivity (Wildman–Crippen MR) is 94.9 cm³/mol. The molecule has 2 rings (SSSR count). The molecule has 7 heteroatoms. The SMILES string of the molecule is Cc1ccc(C(=O)C(C)OC(=O)c2cc(S(C)(=O)=O)ccc2Cl)cc1. The summed E-state index contributed by atoms with van der Waals surface area (Å²) in [4.78, 5) is 24.6. The molecule has 0 fully saturated rings. The molecule has 0 aliphatic rings. The molecular formula is C18H17ClO5S. The van der Waals surface area contributed by atoms with Gasteiger partial charge in [-0.15, -0.1) is 0 Å². The summed E-state index contributed by atoms with van der Waals surface area (Å²) in [5.41, 5.74) is 1.32. The molecule has 0 saturated carbocycles. The highest BCUT2D eigenvalue weighted by molar-refractivity contribution is 7.90. The Morgan fingerprint density at radius 2 is 1.68 bits per heavy atom. The molecule has 2 aromatic rings. The van der Waals surface area contributed by atoms with E-state index in [0.29, 0.717) is 5.56 Å². The van der Waals surface area contributed by atoms with Gasteiger partial charge < -0.3 is 4.74 Å². The summed E-state index contributed by atoms with van der Waals surface area (Å²) < 4.78 is 28.4. The fraction of sp³-hybridized carbons (Fsp3) is 0.222. The standard InChI is InChI=1S/C18H17ClO5S/c1-11-4-6-13(7-5-11)17(20)12(2)24-18(21)15-10-14(25(3,22)23)8-9-16(15)19/h4-10,12H,1-3H3. The van der Waals surface area contributed by atoms with Crippen molar-refractivity contribution < 1.29 is 22.7 Å². The fourth-order valence-electron chi connectivity index (χ4n) is 2.12. The van der Waals surface area contributed by atoms with Gasteiger partial charge in [-0.2, -0.15) is 0 Å². The van der Waals surface area contributed by atoms with E-state index in [9.17, 15) is 18.0 Å². The van der Waals surface area contributed by atoms with Gasteiger partial charge in [0.1, 0.15) is 0 Å². The van der Waals surface area contributed by atoms with Crippen molar-refractivity contribution in [3.63, 3.8) is 0 Å². The van der Waals surface area contributed by atoms with Crippen LogP contribution in [-0.2, 0) is 14.6 Å². The van der Waals surface area contributed by atoms with Crippen LogP contribution < -0.4 is 0 Å². The van der Waals surface area contributed by atoms with Crippen molar-refractivity contribution in [2.45, 2.75) is 24.8 Å². The van der Waals surface area contributed by atoms with Crippen molar-refractivity contribution in [3.8, 4) is 0 Å². The molecule has 132 valence electrons. The quantitative estimate of drug-likeness (QED) is 0.586. The molecular weight excluding hydrogens is 364 g/mol. The van der Waals surface area contributed by atoms with Crippen LogP contribution in [0.1, 0.15) is 33.2 Å². The lowest BCUT2D eigenvalue weighted by Gasteiger charge is -2.13. The first kappa shape index (κ1) is 19.1. The fourth-order valence-corrected chi connectivity index (χ4v) is 2.96. The lowest BCUT2D eigenvalue weighted by molar-refractivity contribution is 0.0318. The zero-order valence-electron chi connectivity index (χ0n) is 13.9. The summed E-state index contributed by atoms with van der Waals surface area (Å²) in [6.45, 7) is 3.35. The number of ketones is 1. The Labute approximate surface area is 151 Å². The summed E-state index contributed by atoms with van der Waals surface area (Å²) in [5, 5.41) is 0.0485. The number of carbonyl (C=O) groups is 2. The Morgan fingerprint density at radius 3 is 2.24 bits per heavy atom. The zero-order chi connectivity index (χ0) is 18.8. The number of carbonyl (C=O) groups excluding carboxylic acids is 2. The normalized spacial score (nSPS) is 12.5. The molecule has 5 nitrogen and oxygen atoms in total. The van der Waals surface area contributed by atoms with E-state index in [1.807, 2.05) is 6.92 Å². The maximum absolute atomic E-state index is 12.3. The molecule has 0 aliphatic heterocycles. The summed E-state index contributed by atoms with van der Waals surface area (Å²) in [6, 6.07) is 10.6. The average Bonchev–Trinajstić information content (AvgIpc) is 2.54. The number of Topliss-reactive ketones (excluding diaryl/α,β-unsaturated/α-hetero) is 1. The molecule has 2 aromatic carbocycles. The van der Waals surface area contributed by atoms with Crippen LogP contribution in [0.15, 0.2) is 47.4 Å². The van der Waals surface area contributed by atoms with Crippen molar-refractivity contribution >= 4 is 33.2 Å². The first-order valence-electron chi connectivity index (χ1n) is 7.41. The first-order chi connectivity index (χ1) is 11.6. The Morgan fingerprint density at radius 1 is 1.08 bits per heavy atom. The van der Waals surface area contributed by atoms with Crippen molar-refractivity contribution in [3.05, 3.63) is 64.2 Å². The van der Waals surface area contributed by atoms with Gasteiger partial charge in [-0.05, 0) is 32.0 Å². The van der Waals surface area contributed by atoms with E-state index in [2.05, 4.69) is 0 Å². The van der Waals surface area contributed by atoms with Gasteiger partial charge in [-0.1, -0.05) is 41.4 Å². The van der Waals surface area contributed by atoms with Crippen molar-refractivity contribution in [2.75, 3.05) is 6.26 Å². The highest BCUT2D eigenvalue weighted by atomic mass is 35.5. The number of ether oxygens (including phenoxy) is 1. The molecule has 0 radical (unpaired) electrons. The number of hydrogen-bond donors (Lipinski definition) is 0. The lowest BCUT2D eigenvalue weighted by Crippen LogP contribution is -2.24. The minimum atomic E-state index is -3.50. The highest BCUT2D eigenvalue weighted by Gasteiger charge is 2.23. The van der Waals surface area contributed by atoms with E-state index in [1.165, 1.54) is 19.1 Å². The van der Waals surface area contributed by atoms with Crippen molar-refractivity contribution in [1.29, 1.82) is 0 Å². The van der Waals surface area contributed by atoms with Gasteiger partial charge in [0.2, 0.25) is 5.78 Å². The zero-order valence-corrected chi connectivity index (χ0v) is 15.5. The van der Waals surface area contributed by atoms with E-state index in [1.54, 1.807) is 24.3 Å². The summed E-state index contributed by atoms with van der Waals surface area (Å²) >= 11 is 5.96.